The SMILES string of the molecule is CCNC(=NCCCc1cnn(C)c1)N1CCC(Cc2ccccc2)C1. The van der Waals surface area contributed by atoms with E-state index in [-0.39, 0.29) is 0 Å². The summed E-state index contributed by atoms with van der Waals surface area (Å²) >= 11 is 0. The average molecular weight is 354 g/mol. The van der Waals surface area contributed by atoms with Gasteiger partial charge in [-0.3, -0.25) is 9.67 Å². The summed E-state index contributed by atoms with van der Waals surface area (Å²) in [6.45, 7) is 6.12. The lowest BCUT2D eigenvalue weighted by Gasteiger charge is -2.21. The van der Waals surface area contributed by atoms with Crippen LogP contribution in [0.5, 0.6) is 0 Å². The molecule has 1 fully saturated rings. The summed E-state index contributed by atoms with van der Waals surface area (Å²) in [6.07, 6.45) is 8.54. The zero-order valence-electron chi connectivity index (χ0n) is 16.1. The third kappa shape index (κ3) is 5.35. The van der Waals surface area contributed by atoms with E-state index in [9.17, 15) is 0 Å². The molecule has 5 heteroatoms. The van der Waals surface area contributed by atoms with Crippen LogP contribution in [0, 0.1) is 5.92 Å². The van der Waals surface area contributed by atoms with E-state index < -0.39 is 0 Å². The topological polar surface area (TPSA) is 45.5 Å². The van der Waals surface area contributed by atoms with E-state index >= 15 is 0 Å². The van der Waals surface area contributed by atoms with Crippen molar-refractivity contribution in [2.24, 2.45) is 18.0 Å². The predicted molar refractivity (Wildman–Crippen MR) is 107 cm³/mol. The Morgan fingerprint density at radius 1 is 1.27 bits per heavy atom. The van der Waals surface area contributed by atoms with E-state index in [1.165, 1.54) is 17.5 Å². The Kier molecular flexibility index (Phi) is 6.69. The highest BCUT2D eigenvalue weighted by atomic mass is 15.3. The van der Waals surface area contributed by atoms with Crippen LogP contribution in [-0.4, -0.2) is 46.8 Å². The van der Waals surface area contributed by atoms with Gasteiger partial charge >= 0.3 is 0 Å². The molecule has 140 valence electrons. The maximum atomic E-state index is 4.86. The minimum atomic E-state index is 0.719. The Bertz CT molecular complexity index is 691. The fourth-order valence-corrected chi connectivity index (χ4v) is 3.63. The van der Waals surface area contributed by atoms with Crippen LogP contribution in [0.15, 0.2) is 47.7 Å². The van der Waals surface area contributed by atoms with Gasteiger partial charge < -0.3 is 10.2 Å². The van der Waals surface area contributed by atoms with E-state index in [1.54, 1.807) is 0 Å². The quantitative estimate of drug-likeness (QED) is 0.473. The third-order valence-corrected chi connectivity index (χ3v) is 4.93. The van der Waals surface area contributed by atoms with Crippen molar-refractivity contribution in [1.82, 2.24) is 20.0 Å². The van der Waals surface area contributed by atoms with E-state index in [0.29, 0.717) is 0 Å². The molecule has 1 atom stereocenters. The van der Waals surface area contributed by atoms with Crippen molar-refractivity contribution in [3.8, 4) is 0 Å². The molecule has 1 aliphatic rings. The molecular formula is C21H31N5. The average Bonchev–Trinajstić information content (AvgIpc) is 3.28. The number of hydrogen-bond donors (Lipinski definition) is 1. The number of aromatic nitrogens is 2. The molecule has 0 amide bonds. The summed E-state index contributed by atoms with van der Waals surface area (Å²) in [5.74, 6) is 1.80. The van der Waals surface area contributed by atoms with Gasteiger partial charge in [-0.1, -0.05) is 30.3 Å². The normalized spacial score (nSPS) is 17.7. The summed E-state index contributed by atoms with van der Waals surface area (Å²) in [6, 6.07) is 10.8. The van der Waals surface area contributed by atoms with Gasteiger partial charge in [-0.15, -0.1) is 0 Å². The van der Waals surface area contributed by atoms with Gasteiger partial charge in [0.05, 0.1) is 6.20 Å². The molecule has 26 heavy (non-hydrogen) atoms. The van der Waals surface area contributed by atoms with E-state index in [4.69, 9.17) is 4.99 Å². The number of guanidine groups is 1. The van der Waals surface area contributed by atoms with Crippen LogP contribution in [0.1, 0.15) is 30.9 Å². The molecule has 2 aromatic rings. The van der Waals surface area contributed by atoms with Gasteiger partial charge in [0.15, 0.2) is 5.96 Å². The smallest absolute Gasteiger partial charge is 0.193 e. The first-order valence-corrected chi connectivity index (χ1v) is 9.79. The highest BCUT2D eigenvalue weighted by Crippen LogP contribution is 2.21. The summed E-state index contributed by atoms with van der Waals surface area (Å²) in [5, 5.41) is 7.70. The highest BCUT2D eigenvalue weighted by molar-refractivity contribution is 5.80. The lowest BCUT2D eigenvalue weighted by atomic mass is 9.99. The first-order valence-electron chi connectivity index (χ1n) is 9.79. The second-order valence-corrected chi connectivity index (χ2v) is 7.15. The number of aryl methyl sites for hydroxylation is 2. The van der Waals surface area contributed by atoms with Crippen LogP contribution >= 0.6 is 0 Å². The summed E-state index contributed by atoms with van der Waals surface area (Å²) < 4.78 is 1.86. The van der Waals surface area contributed by atoms with E-state index in [0.717, 1.165) is 57.3 Å². The van der Waals surface area contributed by atoms with Gasteiger partial charge in [-0.05, 0) is 49.7 Å². The maximum absolute atomic E-state index is 4.86. The first kappa shape index (κ1) is 18.5. The second kappa shape index (κ2) is 9.41. The van der Waals surface area contributed by atoms with Gasteiger partial charge in [-0.25, -0.2) is 0 Å². The number of likely N-dealkylation sites (tertiary alicyclic amines) is 1. The molecule has 1 N–H and O–H groups in total. The first-order chi connectivity index (χ1) is 12.7. The standard InChI is InChI=1S/C21H31N5/c1-3-22-21(23-12-7-10-20-15-24-25(2)16-20)26-13-11-19(17-26)14-18-8-5-4-6-9-18/h4-6,8-9,15-16,19H,3,7,10-14,17H2,1-2H3,(H,22,23). The van der Waals surface area contributed by atoms with Crippen molar-refractivity contribution in [2.45, 2.75) is 32.6 Å². The largest absolute Gasteiger partial charge is 0.357 e. The van der Waals surface area contributed by atoms with Crippen LogP contribution in [0.3, 0.4) is 0 Å². The van der Waals surface area contributed by atoms with Gasteiger partial charge in [0.25, 0.3) is 0 Å². The lowest BCUT2D eigenvalue weighted by Crippen LogP contribution is -2.40. The zero-order valence-corrected chi connectivity index (χ0v) is 16.1. The molecule has 1 unspecified atom stereocenters. The molecule has 1 saturated heterocycles. The van der Waals surface area contributed by atoms with Gasteiger partial charge in [-0.2, -0.15) is 5.10 Å². The molecule has 2 heterocycles. The molecule has 5 nitrogen and oxygen atoms in total. The maximum Gasteiger partial charge on any atom is 0.193 e. The van der Waals surface area contributed by atoms with Gasteiger partial charge in [0, 0.05) is 39.4 Å². The molecular weight excluding hydrogens is 322 g/mol. The van der Waals surface area contributed by atoms with Crippen LogP contribution in [-0.2, 0) is 19.9 Å². The van der Waals surface area contributed by atoms with Crippen molar-refractivity contribution in [2.75, 3.05) is 26.2 Å². The minimum absolute atomic E-state index is 0.719. The Balaban J connectivity index is 1.49. The van der Waals surface area contributed by atoms with Crippen molar-refractivity contribution in [3.05, 3.63) is 53.9 Å². The van der Waals surface area contributed by atoms with Crippen LogP contribution in [0.2, 0.25) is 0 Å². The van der Waals surface area contributed by atoms with Crippen LogP contribution in [0.4, 0.5) is 0 Å². The van der Waals surface area contributed by atoms with Gasteiger partial charge in [0.2, 0.25) is 0 Å². The fourth-order valence-electron chi connectivity index (χ4n) is 3.63. The number of nitrogens with one attached hydrogen (secondary N) is 1. The third-order valence-electron chi connectivity index (χ3n) is 4.93. The summed E-state index contributed by atoms with van der Waals surface area (Å²) in [5.41, 5.74) is 2.73. The van der Waals surface area contributed by atoms with Crippen molar-refractivity contribution in [3.63, 3.8) is 0 Å². The Morgan fingerprint density at radius 2 is 2.12 bits per heavy atom. The molecule has 0 radical (unpaired) electrons. The zero-order chi connectivity index (χ0) is 18.2. The van der Waals surface area contributed by atoms with Crippen LogP contribution in [0.25, 0.3) is 0 Å². The minimum Gasteiger partial charge on any atom is -0.357 e. The Labute approximate surface area is 157 Å². The van der Waals surface area contributed by atoms with Crippen molar-refractivity contribution < 1.29 is 0 Å². The number of rotatable bonds is 7. The number of nitrogens with zero attached hydrogens (tertiary/aromatic N) is 4. The molecule has 1 aliphatic heterocycles. The molecule has 1 aromatic carbocycles. The Hall–Kier alpha value is -2.30. The number of aliphatic imine (C=N–C) groups is 1. The molecule has 0 aliphatic carbocycles. The molecule has 3 rings (SSSR count). The number of benzene rings is 1. The number of hydrogen-bond acceptors (Lipinski definition) is 2. The molecule has 0 bridgehead atoms. The van der Waals surface area contributed by atoms with Crippen LogP contribution < -0.4 is 5.32 Å². The monoisotopic (exact) mass is 353 g/mol. The highest BCUT2D eigenvalue weighted by Gasteiger charge is 2.24. The summed E-state index contributed by atoms with van der Waals surface area (Å²) in [7, 11) is 1.96. The van der Waals surface area contributed by atoms with E-state index in [2.05, 4.69) is 58.8 Å². The predicted octanol–water partition coefficient (Wildman–Crippen LogP) is 2.88. The van der Waals surface area contributed by atoms with Crippen molar-refractivity contribution in [1.29, 1.82) is 0 Å². The van der Waals surface area contributed by atoms with Crippen molar-refractivity contribution >= 4 is 5.96 Å². The molecule has 0 saturated carbocycles. The second-order valence-electron chi connectivity index (χ2n) is 7.15. The fraction of sp³-hybridized carbons (Fsp3) is 0.524. The van der Waals surface area contributed by atoms with Gasteiger partial charge in [0.1, 0.15) is 0 Å². The lowest BCUT2D eigenvalue weighted by molar-refractivity contribution is 0.459. The van der Waals surface area contributed by atoms with E-state index in [1.807, 2.05) is 17.9 Å². The summed E-state index contributed by atoms with van der Waals surface area (Å²) in [4.78, 5) is 7.29. The molecule has 1 aromatic heterocycles. The Morgan fingerprint density at radius 3 is 2.85 bits per heavy atom. The molecule has 0 spiro atoms.